The van der Waals surface area contributed by atoms with Gasteiger partial charge in [-0.2, -0.15) is 50.5 Å². The zero-order valence-corrected chi connectivity index (χ0v) is 19.8. The van der Waals surface area contributed by atoms with Crippen molar-refractivity contribution in [3.63, 3.8) is 0 Å². The standard InChI is InChI=1S/C22H38S4/c23-13-5-1-9-19-17-21(11-3-7-15-25)22(12-4-8-16-26)18-20(19)10-2-6-14-24/h17-18,23-26H,1-16H2. The second-order valence-electron chi connectivity index (χ2n) is 7.11. The van der Waals surface area contributed by atoms with Gasteiger partial charge >= 0.3 is 0 Å². The van der Waals surface area contributed by atoms with Crippen LogP contribution >= 0.6 is 50.5 Å². The third-order valence-electron chi connectivity index (χ3n) is 4.94. The number of rotatable bonds is 16. The van der Waals surface area contributed by atoms with Crippen molar-refractivity contribution in [2.45, 2.75) is 77.0 Å². The third-order valence-corrected chi connectivity index (χ3v) is 6.20. The SMILES string of the molecule is SCCCCc1cc(CCCCS)c(CCCCS)cc1CCCCS. The first-order valence-corrected chi connectivity index (χ1v) is 12.9. The largest absolute Gasteiger partial charge is 0.179 e. The van der Waals surface area contributed by atoms with Gasteiger partial charge in [-0.3, -0.25) is 0 Å². The van der Waals surface area contributed by atoms with Gasteiger partial charge in [-0.15, -0.1) is 0 Å². The molecule has 0 saturated heterocycles. The van der Waals surface area contributed by atoms with Gasteiger partial charge in [0.15, 0.2) is 0 Å². The van der Waals surface area contributed by atoms with Crippen LogP contribution in [0.3, 0.4) is 0 Å². The average molecular weight is 431 g/mol. The van der Waals surface area contributed by atoms with Crippen molar-refractivity contribution in [1.82, 2.24) is 0 Å². The lowest BCUT2D eigenvalue weighted by Crippen LogP contribution is -2.04. The van der Waals surface area contributed by atoms with Gasteiger partial charge < -0.3 is 0 Å². The van der Waals surface area contributed by atoms with Crippen LogP contribution in [0, 0.1) is 0 Å². The van der Waals surface area contributed by atoms with Crippen molar-refractivity contribution in [2.24, 2.45) is 0 Å². The molecule has 0 saturated carbocycles. The number of thiol groups is 4. The molecule has 1 aromatic carbocycles. The number of hydrogen-bond donors (Lipinski definition) is 4. The molecule has 150 valence electrons. The summed E-state index contributed by atoms with van der Waals surface area (Å²) in [6.45, 7) is 0. The Balaban J connectivity index is 2.98. The fourth-order valence-electron chi connectivity index (χ4n) is 3.43. The second-order valence-corrected chi connectivity index (χ2v) is 8.90. The Morgan fingerprint density at radius 3 is 0.808 bits per heavy atom. The normalized spacial score (nSPS) is 11.2. The van der Waals surface area contributed by atoms with Crippen LogP contribution in [0.15, 0.2) is 12.1 Å². The smallest absolute Gasteiger partial charge is 0.00978 e. The summed E-state index contributed by atoms with van der Waals surface area (Å²) in [6, 6.07) is 5.09. The lowest BCUT2D eigenvalue weighted by Gasteiger charge is -2.17. The Labute approximate surface area is 184 Å². The second kappa shape index (κ2) is 16.6. The van der Waals surface area contributed by atoms with Gasteiger partial charge in [-0.1, -0.05) is 12.1 Å². The maximum Gasteiger partial charge on any atom is -0.00978 e. The van der Waals surface area contributed by atoms with E-state index in [1.807, 2.05) is 0 Å². The summed E-state index contributed by atoms with van der Waals surface area (Å²) in [5.41, 5.74) is 6.35. The van der Waals surface area contributed by atoms with E-state index in [2.05, 4.69) is 62.6 Å². The van der Waals surface area contributed by atoms with Gasteiger partial charge in [0.1, 0.15) is 0 Å². The monoisotopic (exact) mass is 430 g/mol. The topological polar surface area (TPSA) is 0 Å². The van der Waals surface area contributed by atoms with Crippen molar-refractivity contribution >= 4 is 50.5 Å². The molecule has 0 aliphatic carbocycles. The molecule has 0 amide bonds. The number of hydrogen-bond acceptors (Lipinski definition) is 4. The van der Waals surface area contributed by atoms with Gasteiger partial charge in [-0.05, 0) is 122 Å². The molecule has 0 fully saturated rings. The van der Waals surface area contributed by atoms with E-state index in [0.29, 0.717) is 0 Å². The molecule has 26 heavy (non-hydrogen) atoms. The summed E-state index contributed by atoms with van der Waals surface area (Å²) in [6.07, 6.45) is 14.6. The molecule has 0 aromatic heterocycles. The summed E-state index contributed by atoms with van der Waals surface area (Å²) >= 11 is 17.5. The van der Waals surface area contributed by atoms with Crippen LogP contribution in [0.4, 0.5) is 0 Å². The maximum atomic E-state index is 4.38. The van der Waals surface area contributed by atoms with Crippen molar-refractivity contribution in [2.75, 3.05) is 23.0 Å². The Bertz CT molecular complexity index is 391. The quantitative estimate of drug-likeness (QED) is 0.163. The van der Waals surface area contributed by atoms with Crippen LogP contribution < -0.4 is 0 Å². The summed E-state index contributed by atoms with van der Waals surface area (Å²) in [7, 11) is 0. The van der Waals surface area contributed by atoms with Crippen molar-refractivity contribution in [3.8, 4) is 0 Å². The minimum absolute atomic E-state index is 0.992. The number of aryl methyl sites for hydroxylation is 4. The van der Waals surface area contributed by atoms with Crippen molar-refractivity contribution < 1.29 is 0 Å². The molecule has 0 aliphatic rings. The van der Waals surface area contributed by atoms with Gasteiger partial charge in [0, 0.05) is 0 Å². The average Bonchev–Trinajstić information content (AvgIpc) is 2.64. The number of unbranched alkanes of at least 4 members (excludes halogenated alkanes) is 4. The molecule has 0 N–H and O–H groups in total. The summed E-state index contributed by atoms with van der Waals surface area (Å²) in [4.78, 5) is 0. The minimum atomic E-state index is 0.992. The molecule has 0 radical (unpaired) electrons. The molecule has 0 spiro atoms. The minimum Gasteiger partial charge on any atom is -0.179 e. The Morgan fingerprint density at radius 1 is 0.385 bits per heavy atom. The van der Waals surface area contributed by atoms with E-state index in [-0.39, 0.29) is 0 Å². The third kappa shape index (κ3) is 10.2. The van der Waals surface area contributed by atoms with Crippen LogP contribution in [0.5, 0.6) is 0 Å². The van der Waals surface area contributed by atoms with Crippen LogP contribution in [0.25, 0.3) is 0 Å². The summed E-state index contributed by atoms with van der Waals surface area (Å²) in [5.74, 6) is 3.97. The predicted molar refractivity (Wildman–Crippen MR) is 134 cm³/mol. The fraction of sp³-hybridized carbons (Fsp3) is 0.727. The Hall–Kier alpha value is 0.620. The molecule has 4 heteroatoms. The molecule has 0 aliphatic heterocycles. The molecule has 0 nitrogen and oxygen atoms in total. The molecule has 1 rings (SSSR count). The van der Waals surface area contributed by atoms with E-state index >= 15 is 0 Å². The lowest BCUT2D eigenvalue weighted by molar-refractivity contribution is 0.741. The molecule has 1 aromatic rings. The molecular weight excluding hydrogens is 393 g/mol. The zero-order valence-electron chi connectivity index (χ0n) is 16.3. The molecular formula is C22H38S4. The van der Waals surface area contributed by atoms with Crippen LogP contribution in [0.2, 0.25) is 0 Å². The van der Waals surface area contributed by atoms with Gasteiger partial charge in [0.25, 0.3) is 0 Å². The first-order valence-electron chi connectivity index (χ1n) is 10.3. The first-order chi connectivity index (χ1) is 12.8. The van der Waals surface area contributed by atoms with Crippen molar-refractivity contribution in [1.29, 1.82) is 0 Å². The predicted octanol–water partition coefficient (Wildman–Crippen LogP) is 6.70. The first kappa shape index (κ1) is 24.7. The van der Waals surface area contributed by atoms with Crippen molar-refractivity contribution in [3.05, 3.63) is 34.4 Å². The molecule has 0 bridgehead atoms. The van der Waals surface area contributed by atoms with E-state index in [0.717, 1.165) is 23.0 Å². The molecule has 0 atom stereocenters. The summed E-state index contributed by atoms with van der Waals surface area (Å²) in [5, 5.41) is 0. The zero-order chi connectivity index (χ0) is 19.0. The molecule has 0 heterocycles. The van der Waals surface area contributed by atoms with E-state index < -0.39 is 0 Å². The maximum absolute atomic E-state index is 4.38. The Kier molecular flexibility index (Phi) is 15.7. The van der Waals surface area contributed by atoms with Gasteiger partial charge in [0.2, 0.25) is 0 Å². The van der Waals surface area contributed by atoms with E-state index in [1.165, 1.54) is 77.0 Å². The highest BCUT2D eigenvalue weighted by atomic mass is 32.1. The number of benzene rings is 1. The van der Waals surface area contributed by atoms with E-state index in [1.54, 1.807) is 22.3 Å². The highest BCUT2D eigenvalue weighted by Crippen LogP contribution is 2.24. The van der Waals surface area contributed by atoms with E-state index in [4.69, 9.17) is 0 Å². The van der Waals surface area contributed by atoms with Crippen LogP contribution in [-0.4, -0.2) is 23.0 Å². The molecule has 0 unspecified atom stereocenters. The van der Waals surface area contributed by atoms with Gasteiger partial charge in [0.05, 0.1) is 0 Å². The summed E-state index contributed by atoms with van der Waals surface area (Å²) < 4.78 is 0. The Morgan fingerprint density at radius 2 is 0.615 bits per heavy atom. The van der Waals surface area contributed by atoms with Crippen LogP contribution in [0.1, 0.15) is 73.6 Å². The van der Waals surface area contributed by atoms with Gasteiger partial charge in [-0.25, -0.2) is 0 Å². The highest BCUT2D eigenvalue weighted by molar-refractivity contribution is 7.80. The van der Waals surface area contributed by atoms with E-state index in [9.17, 15) is 0 Å². The van der Waals surface area contributed by atoms with Crippen LogP contribution in [-0.2, 0) is 25.7 Å². The fourth-order valence-corrected chi connectivity index (χ4v) is 4.33. The lowest BCUT2D eigenvalue weighted by atomic mass is 9.89. The highest BCUT2D eigenvalue weighted by Gasteiger charge is 2.10.